The van der Waals surface area contributed by atoms with Gasteiger partial charge in [0.1, 0.15) is 5.69 Å². The molecular weight excluding hydrogens is 269 g/mol. The van der Waals surface area contributed by atoms with Crippen LogP contribution in [-0.2, 0) is 6.18 Å². The summed E-state index contributed by atoms with van der Waals surface area (Å²) in [6.45, 7) is 2.08. The van der Waals surface area contributed by atoms with Crippen molar-refractivity contribution in [3.63, 3.8) is 0 Å². The minimum atomic E-state index is -4.48. The maximum atomic E-state index is 12.4. The van der Waals surface area contributed by atoms with E-state index in [9.17, 15) is 18.0 Å². The first kappa shape index (κ1) is 14.8. The van der Waals surface area contributed by atoms with Gasteiger partial charge in [0.15, 0.2) is 0 Å². The van der Waals surface area contributed by atoms with Crippen LogP contribution in [0.1, 0.15) is 48.7 Å². The smallest absolute Gasteiger partial charge is 0.349 e. The number of carbonyl (C=O) groups excluding carboxylic acids is 1. The highest BCUT2D eigenvalue weighted by molar-refractivity contribution is 5.94. The van der Waals surface area contributed by atoms with Gasteiger partial charge >= 0.3 is 6.18 Å². The maximum Gasteiger partial charge on any atom is 0.433 e. The van der Waals surface area contributed by atoms with E-state index in [1.54, 1.807) is 0 Å². The molecule has 110 valence electrons. The van der Waals surface area contributed by atoms with Crippen LogP contribution in [-0.4, -0.2) is 16.9 Å². The summed E-state index contributed by atoms with van der Waals surface area (Å²) >= 11 is 0. The fourth-order valence-electron chi connectivity index (χ4n) is 2.48. The van der Waals surface area contributed by atoms with E-state index in [-0.39, 0.29) is 17.5 Å². The van der Waals surface area contributed by atoms with Crippen molar-refractivity contribution >= 4 is 5.91 Å². The molecule has 20 heavy (non-hydrogen) atoms. The molecule has 1 aliphatic rings. The third kappa shape index (κ3) is 3.49. The Morgan fingerprint density at radius 1 is 1.30 bits per heavy atom. The van der Waals surface area contributed by atoms with E-state index >= 15 is 0 Å². The summed E-state index contributed by atoms with van der Waals surface area (Å²) in [7, 11) is 0. The number of pyridine rings is 1. The van der Waals surface area contributed by atoms with Crippen LogP contribution < -0.4 is 5.32 Å². The molecule has 1 aliphatic carbocycles. The van der Waals surface area contributed by atoms with E-state index in [1.165, 1.54) is 6.07 Å². The van der Waals surface area contributed by atoms with Gasteiger partial charge < -0.3 is 5.32 Å². The van der Waals surface area contributed by atoms with Gasteiger partial charge in [0, 0.05) is 12.2 Å². The second-order valence-corrected chi connectivity index (χ2v) is 5.27. The molecule has 2 unspecified atom stereocenters. The summed E-state index contributed by atoms with van der Waals surface area (Å²) in [6.07, 6.45) is 0.714. The number of alkyl halides is 3. The highest BCUT2D eigenvalue weighted by atomic mass is 19.4. The van der Waals surface area contributed by atoms with Crippen LogP contribution in [0.5, 0.6) is 0 Å². The second-order valence-electron chi connectivity index (χ2n) is 5.27. The molecule has 2 rings (SSSR count). The van der Waals surface area contributed by atoms with E-state index in [1.807, 2.05) is 0 Å². The van der Waals surface area contributed by atoms with Crippen molar-refractivity contribution in [3.05, 3.63) is 29.6 Å². The Morgan fingerprint density at radius 2 is 2.00 bits per heavy atom. The van der Waals surface area contributed by atoms with Gasteiger partial charge in [0.2, 0.25) is 0 Å². The summed E-state index contributed by atoms with van der Waals surface area (Å²) in [4.78, 5) is 15.3. The first-order chi connectivity index (χ1) is 9.38. The molecule has 3 nitrogen and oxygen atoms in total. The number of hydrogen-bond donors (Lipinski definition) is 1. The van der Waals surface area contributed by atoms with Crippen LogP contribution in [0.3, 0.4) is 0 Å². The molecule has 0 bridgehead atoms. The van der Waals surface area contributed by atoms with Gasteiger partial charge in [-0.25, -0.2) is 0 Å². The molecule has 6 heteroatoms. The van der Waals surface area contributed by atoms with Crippen molar-refractivity contribution in [2.45, 2.75) is 44.8 Å². The molecule has 1 heterocycles. The summed E-state index contributed by atoms with van der Waals surface area (Å²) in [5.41, 5.74) is -0.823. The van der Waals surface area contributed by atoms with Crippen molar-refractivity contribution in [2.24, 2.45) is 5.92 Å². The van der Waals surface area contributed by atoms with Gasteiger partial charge in [-0.05, 0) is 30.9 Å². The van der Waals surface area contributed by atoms with Crippen molar-refractivity contribution in [3.8, 4) is 0 Å². The number of aromatic nitrogens is 1. The average Bonchev–Trinajstić information content (AvgIpc) is 2.40. The Balaban J connectivity index is 2.02. The Hall–Kier alpha value is -1.59. The first-order valence-corrected chi connectivity index (χ1v) is 6.72. The van der Waals surface area contributed by atoms with Crippen LogP contribution in [0.25, 0.3) is 0 Å². The van der Waals surface area contributed by atoms with E-state index in [0.717, 1.165) is 37.9 Å². The molecule has 0 aliphatic heterocycles. The number of amides is 1. The largest absolute Gasteiger partial charge is 0.433 e. The standard InChI is InChI=1S/C14H17F3N2O/c1-9-4-2-3-5-11(9)19-13(20)10-6-7-12(18-8-10)14(15,16)17/h6-9,11H,2-5H2,1H3,(H,19,20). The van der Waals surface area contributed by atoms with Crippen LogP contribution in [0.4, 0.5) is 13.2 Å². The molecule has 0 saturated heterocycles. The number of halogens is 3. The fraction of sp³-hybridized carbons (Fsp3) is 0.571. The number of hydrogen-bond acceptors (Lipinski definition) is 2. The molecule has 1 aromatic rings. The van der Waals surface area contributed by atoms with Crippen LogP contribution >= 0.6 is 0 Å². The number of carbonyl (C=O) groups is 1. The van der Waals surface area contributed by atoms with Gasteiger partial charge in [-0.15, -0.1) is 0 Å². The molecule has 1 amide bonds. The average molecular weight is 286 g/mol. The lowest BCUT2D eigenvalue weighted by molar-refractivity contribution is -0.141. The van der Waals surface area contributed by atoms with E-state index in [4.69, 9.17) is 0 Å². The minimum absolute atomic E-state index is 0.0959. The highest BCUT2D eigenvalue weighted by Gasteiger charge is 2.32. The van der Waals surface area contributed by atoms with Gasteiger partial charge in [-0.1, -0.05) is 19.8 Å². The Labute approximate surface area is 115 Å². The van der Waals surface area contributed by atoms with Crippen LogP contribution in [0.2, 0.25) is 0 Å². The molecule has 1 fully saturated rings. The van der Waals surface area contributed by atoms with Crippen molar-refractivity contribution in [2.75, 3.05) is 0 Å². The highest BCUT2D eigenvalue weighted by Crippen LogP contribution is 2.27. The lowest BCUT2D eigenvalue weighted by Crippen LogP contribution is -2.41. The lowest BCUT2D eigenvalue weighted by atomic mass is 9.86. The monoisotopic (exact) mass is 286 g/mol. The van der Waals surface area contributed by atoms with Gasteiger partial charge in [-0.3, -0.25) is 9.78 Å². The fourth-order valence-corrected chi connectivity index (χ4v) is 2.48. The SMILES string of the molecule is CC1CCCCC1NC(=O)c1ccc(C(F)(F)F)nc1. The quantitative estimate of drug-likeness (QED) is 0.905. The van der Waals surface area contributed by atoms with E-state index in [0.29, 0.717) is 5.92 Å². The minimum Gasteiger partial charge on any atom is -0.349 e. The molecule has 2 atom stereocenters. The van der Waals surface area contributed by atoms with Gasteiger partial charge in [0.25, 0.3) is 5.91 Å². The summed E-state index contributed by atoms with van der Waals surface area (Å²) in [6, 6.07) is 2.09. The number of rotatable bonds is 2. The predicted molar refractivity (Wildman–Crippen MR) is 68.1 cm³/mol. The van der Waals surface area contributed by atoms with Crippen molar-refractivity contribution < 1.29 is 18.0 Å². The summed E-state index contributed by atoms with van der Waals surface area (Å²) in [5.74, 6) is 0.0417. The molecule has 0 aromatic carbocycles. The van der Waals surface area contributed by atoms with Crippen molar-refractivity contribution in [1.29, 1.82) is 0 Å². The number of nitrogens with one attached hydrogen (secondary N) is 1. The predicted octanol–water partition coefficient (Wildman–Crippen LogP) is 3.41. The molecule has 1 aromatic heterocycles. The Kier molecular flexibility index (Phi) is 4.30. The molecule has 0 spiro atoms. The van der Waals surface area contributed by atoms with Crippen LogP contribution in [0.15, 0.2) is 18.3 Å². The Bertz CT molecular complexity index is 470. The first-order valence-electron chi connectivity index (χ1n) is 6.72. The van der Waals surface area contributed by atoms with Crippen LogP contribution in [0, 0.1) is 5.92 Å². The zero-order valence-electron chi connectivity index (χ0n) is 11.2. The summed E-state index contributed by atoms with van der Waals surface area (Å²) < 4.78 is 37.1. The zero-order valence-corrected chi connectivity index (χ0v) is 11.2. The molecule has 0 radical (unpaired) electrons. The molecular formula is C14H17F3N2O. The third-order valence-corrected chi connectivity index (χ3v) is 3.74. The lowest BCUT2D eigenvalue weighted by Gasteiger charge is -2.29. The topological polar surface area (TPSA) is 42.0 Å². The van der Waals surface area contributed by atoms with Gasteiger partial charge in [0.05, 0.1) is 5.56 Å². The van der Waals surface area contributed by atoms with E-state index < -0.39 is 11.9 Å². The van der Waals surface area contributed by atoms with Crippen molar-refractivity contribution in [1.82, 2.24) is 10.3 Å². The molecule has 1 N–H and O–H groups in total. The maximum absolute atomic E-state index is 12.4. The normalized spacial score (nSPS) is 23.4. The number of nitrogens with zero attached hydrogens (tertiary/aromatic N) is 1. The molecule has 1 saturated carbocycles. The Morgan fingerprint density at radius 3 is 2.55 bits per heavy atom. The third-order valence-electron chi connectivity index (χ3n) is 3.74. The summed E-state index contributed by atoms with van der Waals surface area (Å²) in [5, 5.41) is 2.88. The van der Waals surface area contributed by atoms with Gasteiger partial charge in [-0.2, -0.15) is 13.2 Å². The van der Waals surface area contributed by atoms with E-state index in [2.05, 4.69) is 17.2 Å². The zero-order chi connectivity index (χ0) is 14.8. The second kappa shape index (κ2) is 5.81.